The Labute approximate surface area is 157 Å². The van der Waals surface area contributed by atoms with Gasteiger partial charge in [-0.15, -0.1) is 0 Å². The molecule has 0 aliphatic heterocycles. The molecule has 0 amide bonds. The maximum absolute atomic E-state index is 5.93. The molecule has 0 spiro atoms. The number of nitrogens with one attached hydrogen (secondary N) is 1. The van der Waals surface area contributed by atoms with Crippen molar-refractivity contribution < 1.29 is 4.74 Å². The van der Waals surface area contributed by atoms with Crippen molar-refractivity contribution in [3.8, 4) is 5.75 Å². The molecule has 0 radical (unpaired) electrons. The third-order valence-electron chi connectivity index (χ3n) is 3.79. The first-order valence-electron chi connectivity index (χ1n) is 8.09. The van der Waals surface area contributed by atoms with Gasteiger partial charge in [-0.3, -0.25) is 0 Å². The zero-order chi connectivity index (χ0) is 17.6. The van der Waals surface area contributed by atoms with Crippen molar-refractivity contribution in [2.75, 3.05) is 12.4 Å². The van der Waals surface area contributed by atoms with Crippen LogP contribution in [0.15, 0.2) is 48.5 Å². The fourth-order valence-corrected chi connectivity index (χ4v) is 3.41. The summed E-state index contributed by atoms with van der Waals surface area (Å²) in [6.07, 6.45) is 1.60. The van der Waals surface area contributed by atoms with Gasteiger partial charge in [0.1, 0.15) is 11.6 Å². The largest absolute Gasteiger partial charge is 0.497 e. The minimum atomic E-state index is 0.263. The van der Waals surface area contributed by atoms with E-state index < -0.39 is 0 Å². The summed E-state index contributed by atoms with van der Waals surface area (Å²) < 4.78 is 9.70. The molecule has 4 nitrogen and oxygen atoms in total. The van der Waals surface area contributed by atoms with Crippen LogP contribution < -0.4 is 10.1 Å². The first-order valence-corrected chi connectivity index (χ1v) is 9.24. The molecule has 0 fully saturated rings. The van der Waals surface area contributed by atoms with Gasteiger partial charge in [0.05, 0.1) is 7.11 Å². The van der Waals surface area contributed by atoms with Gasteiger partial charge in [0, 0.05) is 29.0 Å². The molecule has 0 bridgehead atoms. The van der Waals surface area contributed by atoms with Gasteiger partial charge in [0.15, 0.2) is 0 Å². The summed E-state index contributed by atoms with van der Waals surface area (Å²) in [7, 11) is 1.67. The van der Waals surface area contributed by atoms with Gasteiger partial charge in [-0.25, -0.2) is 4.98 Å². The molecule has 2 aromatic carbocycles. The van der Waals surface area contributed by atoms with Gasteiger partial charge >= 0.3 is 0 Å². The number of benzene rings is 2. The van der Waals surface area contributed by atoms with E-state index in [0.29, 0.717) is 6.42 Å². The lowest BCUT2D eigenvalue weighted by Gasteiger charge is -2.12. The van der Waals surface area contributed by atoms with E-state index in [0.717, 1.165) is 33.7 Å². The monoisotopic (exact) mass is 373 g/mol. The fraction of sp³-hybridized carbons (Fsp3) is 0.263. The standard InChI is InChI=1S/C19H20ClN3OS/c1-13(10-14-6-8-16(20)9-7-14)21-19-22-18(23-25-19)12-15-4-3-5-17(11-15)24-2/h3-9,11,13H,10,12H2,1-2H3,(H,21,22,23). The topological polar surface area (TPSA) is 47.0 Å². The van der Waals surface area contributed by atoms with Crippen LogP contribution in [0, 0.1) is 0 Å². The molecule has 130 valence electrons. The number of anilines is 1. The second-order valence-electron chi connectivity index (χ2n) is 5.92. The molecule has 0 saturated heterocycles. The first-order chi connectivity index (χ1) is 12.1. The smallest absolute Gasteiger partial charge is 0.202 e. The van der Waals surface area contributed by atoms with Crippen LogP contribution in [-0.2, 0) is 12.8 Å². The molecule has 3 aromatic rings. The minimum absolute atomic E-state index is 0.263. The summed E-state index contributed by atoms with van der Waals surface area (Å²) in [4.78, 5) is 4.59. The molecule has 0 aliphatic carbocycles. The number of nitrogens with zero attached hydrogens (tertiary/aromatic N) is 2. The number of rotatable bonds is 7. The molecule has 1 N–H and O–H groups in total. The highest BCUT2D eigenvalue weighted by Crippen LogP contribution is 2.19. The molecule has 3 rings (SSSR count). The average Bonchev–Trinajstić information content (AvgIpc) is 3.04. The van der Waals surface area contributed by atoms with E-state index in [1.54, 1.807) is 7.11 Å². The molecule has 0 aliphatic rings. The van der Waals surface area contributed by atoms with Crippen LogP contribution in [0.4, 0.5) is 5.13 Å². The molecule has 25 heavy (non-hydrogen) atoms. The van der Waals surface area contributed by atoms with Gasteiger partial charge in [-0.1, -0.05) is 35.9 Å². The Balaban J connectivity index is 1.58. The molecule has 1 atom stereocenters. The van der Waals surface area contributed by atoms with E-state index in [1.807, 2.05) is 30.3 Å². The Hall–Kier alpha value is -2.11. The third-order valence-corrected chi connectivity index (χ3v) is 4.73. The molecule has 1 aromatic heterocycles. The molecular formula is C19H20ClN3OS. The van der Waals surface area contributed by atoms with Crippen LogP contribution in [-0.4, -0.2) is 22.5 Å². The van der Waals surface area contributed by atoms with Crippen LogP contribution in [0.2, 0.25) is 5.02 Å². The summed E-state index contributed by atoms with van der Waals surface area (Å²) >= 11 is 7.32. The van der Waals surface area contributed by atoms with Gasteiger partial charge in [0.2, 0.25) is 5.13 Å². The summed E-state index contributed by atoms with van der Waals surface area (Å²) in [5.41, 5.74) is 2.38. The van der Waals surface area contributed by atoms with Crippen molar-refractivity contribution in [3.05, 3.63) is 70.5 Å². The number of ether oxygens (including phenoxy) is 1. The van der Waals surface area contributed by atoms with E-state index in [9.17, 15) is 0 Å². The molecule has 1 heterocycles. The number of methoxy groups -OCH3 is 1. The highest BCUT2D eigenvalue weighted by atomic mass is 35.5. The maximum atomic E-state index is 5.93. The summed E-state index contributed by atoms with van der Waals surface area (Å²) in [6, 6.07) is 16.2. The van der Waals surface area contributed by atoms with Crippen molar-refractivity contribution in [1.29, 1.82) is 0 Å². The predicted molar refractivity (Wildman–Crippen MR) is 104 cm³/mol. The zero-order valence-electron chi connectivity index (χ0n) is 14.2. The normalized spacial score (nSPS) is 12.0. The SMILES string of the molecule is COc1cccc(Cc2nsc(NC(C)Cc3ccc(Cl)cc3)n2)c1. The zero-order valence-corrected chi connectivity index (χ0v) is 15.8. The highest BCUT2D eigenvalue weighted by molar-refractivity contribution is 7.09. The summed E-state index contributed by atoms with van der Waals surface area (Å²) in [5, 5.41) is 5.03. The minimum Gasteiger partial charge on any atom is -0.497 e. The van der Waals surface area contributed by atoms with Crippen LogP contribution in [0.1, 0.15) is 23.9 Å². The van der Waals surface area contributed by atoms with Crippen LogP contribution >= 0.6 is 23.1 Å². The lowest BCUT2D eigenvalue weighted by Crippen LogP contribution is -2.17. The Kier molecular flexibility index (Phi) is 5.89. The lowest BCUT2D eigenvalue weighted by molar-refractivity contribution is 0.414. The summed E-state index contributed by atoms with van der Waals surface area (Å²) in [6.45, 7) is 2.14. The van der Waals surface area contributed by atoms with Gasteiger partial charge in [0.25, 0.3) is 0 Å². The number of aromatic nitrogens is 2. The molecule has 0 saturated carbocycles. The Morgan fingerprint density at radius 2 is 1.96 bits per heavy atom. The number of hydrogen-bond donors (Lipinski definition) is 1. The van der Waals surface area contributed by atoms with E-state index in [-0.39, 0.29) is 6.04 Å². The second-order valence-corrected chi connectivity index (χ2v) is 7.11. The fourth-order valence-electron chi connectivity index (χ4n) is 2.59. The van der Waals surface area contributed by atoms with Crippen molar-refractivity contribution in [2.24, 2.45) is 0 Å². The Bertz CT molecular complexity index is 820. The number of halogens is 1. The molecule has 1 unspecified atom stereocenters. The van der Waals surface area contributed by atoms with Crippen LogP contribution in [0.3, 0.4) is 0 Å². The third kappa shape index (κ3) is 5.18. The van der Waals surface area contributed by atoms with Crippen molar-refractivity contribution in [3.63, 3.8) is 0 Å². The van der Waals surface area contributed by atoms with E-state index in [4.69, 9.17) is 16.3 Å². The second kappa shape index (κ2) is 8.32. The van der Waals surface area contributed by atoms with E-state index >= 15 is 0 Å². The van der Waals surface area contributed by atoms with Crippen molar-refractivity contribution in [2.45, 2.75) is 25.8 Å². The molecule has 6 heteroatoms. The Morgan fingerprint density at radius 3 is 2.72 bits per heavy atom. The van der Waals surface area contributed by atoms with Gasteiger partial charge in [-0.2, -0.15) is 4.37 Å². The average molecular weight is 374 g/mol. The van der Waals surface area contributed by atoms with E-state index in [2.05, 4.69) is 39.8 Å². The van der Waals surface area contributed by atoms with Crippen molar-refractivity contribution in [1.82, 2.24) is 9.36 Å². The first kappa shape index (κ1) is 17.7. The van der Waals surface area contributed by atoms with Crippen LogP contribution in [0.5, 0.6) is 5.75 Å². The molecular weight excluding hydrogens is 354 g/mol. The lowest BCUT2D eigenvalue weighted by atomic mass is 10.1. The van der Waals surface area contributed by atoms with E-state index in [1.165, 1.54) is 17.1 Å². The van der Waals surface area contributed by atoms with Crippen molar-refractivity contribution >= 4 is 28.3 Å². The quantitative estimate of drug-likeness (QED) is 0.644. The maximum Gasteiger partial charge on any atom is 0.202 e. The van der Waals surface area contributed by atoms with Gasteiger partial charge < -0.3 is 10.1 Å². The highest BCUT2D eigenvalue weighted by Gasteiger charge is 2.09. The summed E-state index contributed by atoms with van der Waals surface area (Å²) in [5.74, 6) is 1.67. The van der Waals surface area contributed by atoms with Gasteiger partial charge in [-0.05, 0) is 48.7 Å². The predicted octanol–water partition coefficient (Wildman–Crippen LogP) is 4.83. The number of hydrogen-bond acceptors (Lipinski definition) is 5. The Morgan fingerprint density at radius 1 is 1.16 bits per heavy atom. The van der Waals surface area contributed by atoms with Crippen LogP contribution in [0.25, 0.3) is 0 Å².